The third-order valence-electron chi connectivity index (χ3n) is 4.45. The predicted molar refractivity (Wildman–Crippen MR) is 86.2 cm³/mol. The molecule has 1 aromatic carbocycles. The fourth-order valence-corrected chi connectivity index (χ4v) is 3.17. The van der Waals surface area contributed by atoms with Crippen molar-refractivity contribution in [2.75, 3.05) is 32.8 Å². The van der Waals surface area contributed by atoms with Crippen molar-refractivity contribution in [1.82, 2.24) is 14.7 Å². The Bertz CT molecular complexity index is 620. The highest BCUT2D eigenvalue weighted by Gasteiger charge is 2.48. The van der Waals surface area contributed by atoms with E-state index in [9.17, 15) is 14.0 Å². The van der Waals surface area contributed by atoms with Crippen LogP contribution in [0.2, 0.25) is 0 Å². The van der Waals surface area contributed by atoms with E-state index in [0.717, 1.165) is 0 Å². The van der Waals surface area contributed by atoms with E-state index >= 15 is 0 Å². The number of benzene rings is 1. The number of ether oxygens (including phenoxy) is 1. The van der Waals surface area contributed by atoms with Gasteiger partial charge < -0.3 is 9.64 Å². The van der Waals surface area contributed by atoms with Crippen molar-refractivity contribution < 1.29 is 18.7 Å². The van der Waals surface area contributed by atoms with Crippen LogP contribution in [0.15, 0.2) is 24.3 Å². The fourth-order valence-electron chi connectivity index (χ4n) is 3.17. The molecule has 130 valence electrons. The molecule has 24 heavy (non-hydrogen) atoms. The Morgan fingerprint density at radius 3 is 2.58 bits per heavy atom. The van der Waals surface area contributed by atoms with E-state index in [1.807, 2.05) is 13.8 Å². The average Bonchev–Trinajstić information content (AvgIpc) is 2.80. The van der Waals surface area contributed by atoms with Crippen molar-refractivity contribution in [2.24, 2.45) is 0 Å². The minimum absolute atomic E-state index is 0.112. The molecule has 3 amide bonds. The number of urea groups is 1. The molecule has 3 rings (SSSR count). The quantitative estimate of drug-likeness (QED) is 0.767. The summed E-state index contributed by atoms with van der Waals surface area (Å²) in [5.41, 5.74) is 0. The van der Waals surface area contributed by atoms with Crippen LogP contribution in [0, 0.1) is 5.82 Å². The van der Waals surface area contributed by atoms with Crippen molar-refractivity contribution in [1.29, 1.82) is 0 Å². The monoisotopic (exact) mass is 335 g/mol. The van der Waals surface area contributed by atoms with Crippen LogP contribution in [-0.4, -0.2) is 71.5 Å². The van der Waals surface area contributed by atoms with Gasteiger partial charge in [0.05, 0.1) is 0 Å². The van der Waals surface area contributed by atoms with Crippen LogP contribution in [0.25, 0.3) is 0 Å². The van der Waals surface area contributed by atoms with Gasteiger partial charge in [0, 0.05) is 32.2 Å². The van der Waals surface area contributed by atoms with E-state index in [-0.39, 0.29) is 29.8 Å². The molecule has 7 heteroatoms. The number of hydrogen-bond acceptors (Lipinski definition) is 4. The standard InChI is InChI=1S/C17H22FN3O3/c1-12(2)21-16(22)15-11-19(7-8-20(15)17(21)23)9-10-24-14-5-3-13(18)4-6-14/h3-6,12,15H,7-11H2,1-2H3. The highest BCUT2D eigenvalue weighted by Crippen LogP contribution is 2.23. The number of amides is 3. The molecule has 0 aromatic heterocycles. The van der Waals surface area contributed by atoms with Gasteiger partial charge in [0.25, 0.3) is 5.91 Å². The predicted octanol–water partition coefficient (Wildman–Crippen LogP) is 1.56. The topological polar surface area (TPSA) is 53.1 Å². The maximum atomic E-state index is 12.8. The van der Waals surface area contributed by atoms with Crippen LogP contribution >= 0.6 is 0 Å². The molecule has 6 nitrogen and oxygen atoms in total. The second kappa shape index (κ2) is 6.76. The number of halogens is 1. The molecule has 0 spiro atoms. The molecule has 1 aromatic rings. The first-order valence-corrected chi connectivity index (χ1v) is 8.22. The minimum atomic E-state index is -0.389. The largest absolute Gasteiger partial charge is 0.492 e. The number of carbonyl (C=O) groups is 2. The molecule has 2 aliphatic rings. The van der Waals surface area contributed by atoms with Crippen LogP contribution in [0.4, 0.5) is 9.18 Å². The van der Waals surface area contributed by atoms with Crippen LogP contribution < -0.4 is 4.74 Å². The molecule has 0 saturated carbocycles. The summed E-state index contributed by atoms with van der Waals surface area (Å²) in [4.78, 5) is 29.9. The van der Waals surface area contributed by atoms with Crippen molar-refractivity contribution in [3.05, 3.63) is 30.1 Å². The molecule has 2 saturated heterocycles. The molecule has 0 aliphatic carbocycles. The number of hydrogen-bond donors (Lipinski definition) is 0. The first-order valence-electron chi connectivity index (χ1n) is 8.22. The van der Waals surface area contributed by atoms with Crippen molar-refractivity contribution in [3.63, 3.8) is 0 Å². The smallest absolute Gasteiger partial charge is 0.327 e. The molecular weight excluding hydrogens is 313 g/mol. The summed E-state index contributed by atoms with van der Waals surface area (Å²) in [5, 5.41) is 0. The Morgan fingerprint density at radius 1 is 1.21 bits per heavy atom. The van der Waals surface area contributed by atoms with Crippen molar-refractivity contribution in [2.45, 2.75) is 25.9 Å². The van der Waals surface area contributed by atoms with Gasteiger partial charge in [-0.05, 0) is 38.1 Å². The number of piperazine rings is 1. The van der Waals surface area contributed by atoms with Gasteiger partial charge in [-0.3, -0.25) is 14.6 Å². The van der Waals surface area contributed by atoms with Crippen LogP contribution in [-0.2, 0) is 4.79 Å². The third kappa shape index (κ3) is 3.21. The van der Waals surface area contributed by atoms with Gasteiger partial charge in [0.1, 0.15) is 24.2 Å². The van der Waals surface area contributed by atoms with Gasteiger partial charge in [-0.25, -0.2) is 9.18 Å². The van der Waals surface area contributed by atoms with E-state index in [1.54, 1.807) is 17.0 Å². The second-order valence-corrected chi connectivity index (χ2v) is 6.40. The van der Waals surface area contributed by atoms with Crippen LogP contribution in [0.3, 0.4) is 0 Å². The SMILES string of the molecule is CC(C)N1C(=O)C2CN(CCOc3ccc(F)cc3)CCN2C1=O. The molecule has 0 N–H and O–H groups in total. The summed E-state index contributed by atoms with van der Waals surface area (Å²) in [7, 11) is 0. The number of nitrogens with zero attached hydrogens (tertiary/aromatic N) is 3. The number of carbonyl (C=O) groups excluding carboxylic acids is 2. The Kier molecular flexibility index (Phi) is 4.71. The molecule has 2 heterocycles. The summed E-state index contributed by atoms with van der Waals surface area (Å²) in [6, 6.07) is 5.21. The first kappa shape index (κ1) is 16.7. The van der Waals surface area contributed by atoms with Crippen molar-refractivity contribution in [3.8, 4) is 5.75 Å². The van der Waals surface area contributed by atoms with Gasteiger partial charge in [0.2, 0.25) is 0 Å². The third-order valence-corrected chi connectivity index (χ3v) is 4.45. The lowest BCUT2D eigenvalue weighted by Gasteiger charge is -2.35. The Balaban J connectivity index is 1.52. The lowest BCUT2D eigenvalue weighted by atomic mass is 10.2. The first-order chi connectivity index (χ1) is 11.5. The summed E-state index contributed by atoms with van der Waals surface area (Å²) in [6.07, 6.45) is 0. The van der Waals surface area contributed by atoms with Gasteiger partial charge in [-0.1, -0.05) is 0 Å². The van der Waals surface area contributed by atoms with Gasteiger partial charge in [-0.15, -0.1) is 0 Å². The molecule has 1 atom stereocenters. The zero-order valence-corrected chi connectivity index (χ0v) is 13.9. The number of rotatable bonds is 5. The summed E-state index contributed by atoms with van der Waals surface area (Å²) in [5.74, 6) is 0.213. The maximum absolute atomic E-state index is 12.8. The Morgan fingerprint density at radius 2 is 1.92 bits per heavy atom. The molecule has 2 aliphatic heterocycles. The van der Waals surface area contributed by atoms with Gasteiger partial charge in [0.15, 0.2) is 0 Å². The lowest BCUT2D eigenvalue weighted by Crippen LogP contribution is -2.53. The molecule has 2 fully saturated rings. The summed E-state index contributed by atoms with van der Waals surface area (Å²) >= 11 is 0. The van der Waals surface area contributed by atoms with E-state index in [0.29, 0.717) is 38.5 Å². The van der Waals surface area contributed by atoms with Gasteiger partial charge >= 0.3 is 6.03 Å². The fraction of sp³-hybridized carbons (Fsp3) is 0.529. The van der Waals surface area contributed by atoms with E-state index in [2.05, 4.69) is 4.90 Å². The molecule has 0 radical (unpaired) electrons. The van der Waals surface area contributed by atoms with E-state index < -0.39 is 0 Å². The Hall–Kier alpha value is -2.15. The zero-order chi connectivity index (χ0) is 17.3. The summed E-state index contributed by atoms with van der Waals surface area (Å²) in [6.45, 7) is 6.61. The molecule has 1 unspecified atom stereocenters. The van der Waals surface area contributed by atoms with Crippen molar-refractivity contribution >= 4 is 11.9 Å². The highest BCUT2D eigenvalue weighted by molar-refractivity contribution is 6.04. The number of imide groups is 1. The van der Waals surface area contributed by atoms with Gasteiger partial charge in [-0.2, -0.15) is 0 Å². The zero-order valence-electron chi connectivity index (χ0n) is 13.9. The number of fused-ring (bicyclic) bond motifs is 1. The normalized spacial score (nSPS) is 21.6. The highest BCUT2D eigenvalue weighted by atomic mass is 19.1. The second-order valence-electron chi connectivity index (χ2n) is 6.40. The maximum Gasteiger partial charge on any atom is 0.327 e. The van der Waals surface area contributed by atoms with E-state index in [4.69, 9.17) is 4.74 Å². The van der Waals surface area contributed by atoms with Crippen LogP contribution in [0.5, 0.6) is 5.75 Å². The summed E-state index contributed by atoms with van der Waals surface area (Å²) < 4.78 is 18.4. The average molecular weight is 335 g/mol. The molecular formula is C17H22FN3O3. The van der Waals surface area contributed by atoms with E-state index in [1.165, 1.54) is 17.0 Å². The lowest BCUT2D eigenvalue weighted by molar-refractivity contribution is -0.130. The minimum Gasteiger partial charge on any atom is -0.492 e. The molecule has 0 bridgehead atoms. The van der Waals surface area contributed by atoms with Crippen LogP contribution in [0.1, 0.15) is 13.8 Å². The Labute approximate surface area is 140 Å².